The van der Waals surface area contributed by atoms with Crippen molar-refractivity contribution in [2.45, 2.75) is 56.7 Å². The summed E-state index contributed by atoms with van der Waals surface area (Å²) >= 11 is 0. The van der Waals surface area contributed by atoms with E-state index < -0.39 is 78.8 Å². The average Bonchev–Trinajstić information content (AvgIpc) is 3.29. The summed E-state index contributed by atoms with van der Waals surface area (Å²) in [7, 11) is 2.64. The Hall–Kier alpha value is -4.70. The third-order valence-electron chi connectivity index (χ3n) is 8.03. The standard InChI is InChI=1S/C31H28F8N4O5/c1-16-26(18-9-19(30(34,35)36)11-20(10-18)31(37,38)39)48-28(45)43(16)13-23-22(12-40-27(41-23)42-14-29(32,33)15-42)21-8-17(4-6-24(21)46-2)5-7-25(44)47-3/h4,6,8-12,16,26H,5,7,13-15H2,1-3H3/t16-,26?/m0/s1. The van der Waals surface area contributed by atoms with Crippen molar-refractivity contribution in [3.63, 3.8) is 0 Å². The molecule has 2 aromatic carbocycles. The SMILES string of the molecule is COC(=O)CCc1ccc(OC)c(-c2cnc(N3CC(F)(F)C3)nc2CN2C(=O)OC(c3cc(C(F)(F)F)cc(C(F)(F)F)c3)[C@@H]2C)c1. The van der Waals surface area contributed by atoms with Gasteiger partial charge in [0.1, 0.15) is 11.9 Å². The van der Waals surface area contributed by atoms with E-state index in [0.717, 1.165) is 4.90 Å². The number of aryl methyl sites for hydroxylation is 1. The number of benzene rings is 2. The van der Waals surface area contributed by atoms with E-state index in [1.807, 2.05) is 0 Å². The number of anilines is 1. The molecule has 2 saturated heterocycles. The third kappa shape index (κ3) is 7.23. The van der Waals surface area contributed by atoms with Crippen LogP contribution in [0.4, 0.5) is 45.9 Å². The molecule has 3 aromatic rings. The number of esters is 1. The molecule has 0 N–H and O–H groups in total. The van der Waals surface area contributed by atoms with Gasteiger partial charge >= 0.3 is 24.4 Å². The molecule has 0 spiro atoms. The molecule has 0 bridgehead atoms. The summed E-state index contributed by atoms with van der Waals surface area (Å²) in [4.78, 5) is 35.8. The van der Waals surface area contributed by atoms with Gasteiger partial charge in [0.2, 0.25) is 5.95 Å². The van der Waals surface area contributed by atoms with Crippen LogP contribution in [0.2, 0.25) is 0 Å². The predicted octanol–water partition coefficient (Wildman–Crippen LogP) is 6.83. The lowest BCUT2D eigenvalue weighted by atomic mass is 9.97. The number of ether oxygens (including phenoxy) is 3. The number of nitrogens with zero attached hydrogens (tertiary/aromatic N) is 4. The van der Waals surface area contributed by atoms with Crippen LogP contribution in [0.1, 0.15) is 47.4 Å². The number of carbonyl (C=O) groups excluding carboxylic acids is 2. The first kappa shape index (κ1) is 34.6. The lowest BCUT2D eigenvalue weighted by molar-refractivity contribution is -0.143. The van der Waals surface area contributed by atoms with Crippen molar-refractivity contribution in [1.82, 2.24) is 14.9 Å². The molecule has 2 aliphatic rings. The molecule has 0 saturated carbocycles. The van der Waals surface area contributed by atoms with Crippen LogP contribution in [0.15, 0.2) is 42.6 Å². The van der Waals surface area contributed by atoms with Gasteiger partial charge in [-0.2, -0.15) is 26.3 Å². The first-order valence-electron chi connectivity index (χ1n) is 14.4. The van der Waals surface area contributed by atoms with Crippen LogP contribution in [-0.4, -0.2) is 66.2 Å². The summed E-state index contributed by atoms with van der Waals surface area (Å²) in [6.07, 6.45) is -11.2. The van der Waals surface area contributed by atoms with Crippen molar-refractivity contribution in [1.29, 1.82) is 0 Å². The van der Waals surface area contributed by atoms with E-state index in [4.69, 9.17) is 14.2 Å². The number of rotatable bonds is 9. The molecule has 0 aliphatic carbocycles. The molecule has 1 amide bonds. The number of halogens is 8. The molecule has 9 nitrogen and oxygen atoms in total. The van der Waals surface area contributed by atoms with E-state index in [0.29, 0.717) is 29.0 Å². The Balaban J connectivity index is 1.53. The van der Waals surface area contributed by atoms with Crippen molar-refractivity contribution in [3.8, 4) is 16.9 Å². The average molecular weight is 689 g/mol. The lowest BCUT2D eigenvalue weighted by Crippen LogP contribution is -2.57. The molecule has 0 radical (unpaired) electrons. The quantitative estimate of drug-likeness (QED) is 0.179. The maximum atomic E-state index is 13.7. The van der Waals surface area contributed by atoms with Crippen molar-refractivity contribution in [2.24, 2.45) is 0 Å². The zero-order valence-electron chi connectivity index (χ0n) is 25.6. The summed E-state index contributed by atoms with van der Waals surface area (Å²) in [5.74, 6) is -3.19. The van der Waals surface area contributed by atoms with Gasteiger partial charge in [0.25, 0.3) is 5.92 Å². The third-order valence-corrected chi connectivity index (χ3v) is 8.03. The van der Waals surface area contributed by atoms with Gasteiger partial charge in [-0.25, -0.2) is 23.5 Å². The van der Waals surface area contributed by atoms with E-state index >= 15 is 0 Å². The highest BCUT2D eigenvalue weighted by Crippen LogP contribution is 2.42. The number of hydrogen-bond acceptors (Lipinski definition) is 8. The Labute approximate surface area is 268 Å². The minimum atomic E-state index is -5.12. The Bertz CT molecular complexity index is 1670. The zero-order valence-corrected chi connectivity index (χ0v) is 25.6. The van der Waals surface area contributed by atoms with Gasteiger partial charge in [0.05, 0.1) is 56.7 Å². The molecule has 5 rings (SSSR count). The smallest absolute Gasteiger partial charge is 0.416 e. The number of alkyl halides is 8. The van der Waals surface area contributed by atoms with Gasteiger partial charge in [-0.1, -0.05) is 6.07 Å². The van der Waals surface area contributed by atoms with Gasteiger partial charge in [-0.3, -0.25) is 9.69 Å². The predicted molar refractivity (Wildman–Crippen MR) is 152 cm³/mol. The highest BCUT2D eigenvalue weighted by molar-refractivity contribution is 5.75. The van der Waals surface area contributed by atoms with Crippen molar-refractivity contribution < 1.29 is 58.9 Å². The summed E-state index contributed by atoms with van der Waals surface area (Å²) in [5.41, 5.74) is -2.20. The molecular weight excluding hydrogens is 660 g/mol. The van der Waals surface area contributed by atoms with Crippen molar-refractivity contribution >= 4 is 18.0 Å². The molecular formula is C31H28F8N4O5. The molecule has 3 heterocycles. The van der Waals surface area contributed by atoms with Crippen LogP contribution in [0.25, 0.3) is 11.1 Å². The molecule has 258 valence electrons. The lowest BCUT2D eigenvalue weighted by Gasteiger charge is -2.38. The van der Waals surface area contributed by atoms with Crippen molar-refractivity contribution in [3.05, 3.63) is 70.5 Å². The minimum absolute atomic E-state index is 0.0244. The van der Waals surface area contributed by atoms with Crippen LogP contribution in [0.3, 0.4) is 0 Å². The molecule has 2 atom stereocenters. The van der Waals surface area contributed by atoms with Crippen LogP contribution < -0.4 is 9.64 Å². The first-order chi connectivity index (χ1) is 22.4. The van der Waals surface area contributed by atoms with Gasteiger partial charge in [-0.15, -0.1) is 0 Å². The second kappa shape index (κ2) is 12.7. The Morgan fingerprint density at radius 2 is 1.65 bits per heavy atom. The Morgan fingerprint density at radius 1 is 1.00 bits per heavy atom. The molecule has 1 unspecified atom stereocenters. The fourth-order valence-corrected chi connectivity index (χ4v) is 5.49. The summed E-state index contributed by atoms with van der Waals surface area (Å²) < 4.78 is 124. The second-order valence-corrected chi connectivity index (χ2v) is 11.4. The van der Waals surface area contributed by atoms with Gasteiger partial charge in [0, 0.05) is 23.7 Å². The molecule has 17 heteroatoms. The maximum Gasteiger partial charge on any atom is 0.416 e. The summed E-state index contributed by atoms with van der Waals surface area (Å²) in [6, 6.07) is 4.86. The topological polar surface area (TPSA) is 94.1 Å². The normalized spacial score (nSPS) is 19.2. The van der Waals surface area contributed by atoms with E-state index in [2.05, 4.69) is 9.97 Å². The number of hydrogen-bond donors (Lipinski definition) is 0. The number of cyclic esters (lactones) is 1. The Morgan fingerprint density at radius 3 is 2.21 bits per heavy atom. The van der Waals surface area contributed by atoms with Crippen molar-refractivity contribution in [2.75, 3.05) is 32.2 Å². The Kier molecular flexibility index (Phi) is 9.18. The zero-order chi connectivity index (χ0) is 35.2. The molecule has 48 heavy (non-hydrogen) atoms. The van der Waals surface area contributed by atoms with Gasteiger partial charge < -0.3 is 19.1 Å². The maximum absolute atomic E-state index is 13.7. The van der Waals surface area contributed by atoms with E-state index in [-0.39, 0.29) is 36.1 Å². The molecule has 2 aliphatic heterocycles. The largest absolute Gasteiger partial charge is 0.496 e. The number of amides is 1. The van der Waals surface area contributed by atoms with Crippen LogP contribution in [0, 0.1) is 0 Å². The minimum Gasteiger partial charge on any atom is -0.496 e. The van der Waals surface area contributed by atoms with Crippen LogP contribution in [-0.2, 0) is 39.6 Å². The number of carbonyl (C=O) groups is 2. The van der Waals surface area contributed by atoms with Gasteiger partial charge in [-0.05, 0) is 54.8 Å². The monoisotopic (exact) mass is 688 g/mol. The van der Waals surface area contributed by atoms with Crippen LogP contribution in [0.5, 0.6) is 5.75 Å². The molecule has 2 fully saturated rings. The molecule has 1 aromatic heterocycles. The van der Waals surface area contributed by atoms with E-state index in [1.54, 1.807) is 18.2 Å². The highest BCUT2D eigenvalue weighted by atomic mass is 19.4. The first-order valence-corrected chi connectivity index (χ1v) is 14.4. The summed E-state index contributed by atoms with van der Waals surface area (Å²) in [5, 5.41) is 0. The highest BCUT2D eigenvalue weighted by Gasteiger charge is 2.46. The summed E-state index contributed by atoms with van der Waals surface area (Å²) in [6.45, 7) is -0.347. The van der Waals surface area contributed by atoms with E-state index in [9.17, 15) is 44.7 Å². The number of aromatic nitrogens is 2. The fourth-order valence-electron chi connectivity index (χ4n) is 5.49. The number of methoxy groups -OCH3 is 2. The van der Waals surface area contributed by atoms with Crippen LogP contribution >= 0.6 is 0 Å². The fraction of sp³-hybridized carbons (Fsp3) is 0.419. The second-order valence-electron chi connectivity index (χ2n) is 11.4. The van der Waals surface area contributed by atoms with E-state index in [1.165, 1.54) is 32.2 Å². The van der Waals surface area contributed by atoms with Gasteiger partial charge in [0.15, 0.2) is 0 Å².